The van der Waals surface area contributed by atoms with Crippen LogP contribution in [0.4, 0.5) is 0 Å². The Morgan fingerprint density at radius 3 is 2.29 bits per heavy atom. The highest BCUT2D eigenvalue weighted by molar-refractivity contribution is 6.03. The largest absolute Gasteiger partial charge is 0.465 e. The van der Waals surface area contributed by atoms with Crippen molar-refractivity contribution in [1.82, 2.24) is 0 Å². The lowest BCUT2D eigenvalue weighted by Crippen LogP contribution is -2.43. The predicted octanol–water partition coefficient (Wildman–Crippen LogP) is 4.40. The van der Waals surface area contributed by atoms with Crippen LogP contribution in [0.3, 0.4) is 0 Å². The Bertz CT molecular complexity index is 649. The van der Waals surface area contributed by atoms with E-state index in [9.17, 15) is 9.59 Å². The number of carbonyl (C=O) groups is 2. The molecule has 0 N–H and O–H groups in total. The van der Waals surface area contributed by atoms with Crippen molar-refractivity contribution in [3.63, 3.8) is 0 Å². The second kappa shape index (κ2) is 7.20. The number of hydrogen-bond donors (Lipinski definition) is 0. The maximum atomic E-state index is 12.7. The highest BCUT2D eigenvalue weighted by Gasteiger charge is 2.41. The molecule has 2 unspecified atom stereocenters. The molecule has 4 heteroatoms. The van der Waals surface area contributed by atoms with E-state index < -0.39 is 17.5 Å². The average Bonchev–Trinajstić information content (AvgIpc) is 2.56. The summed E-state index contributed by atoms with van der Waals surface area (Å²) in [6, 6.07) is 6.59. The first-order chi connectivity index (χ1) is 11.3. The molecule has 0 radical (unpaired) electrons. The Morgan fingerprint density at radius 2 is 1.79 bits per heavy atom. The standard InChI is InChI=1S/C20H26O4/c1-13(2)15-10-11-20(4,14(3)12-15)24-19(22)17-9-7-6-8-16(17)18(21)23-5/h6-9,14-15H,1,10-12H2,2-5H3/t14?,15-,20?/m1/s1. The van der Waals surface area contributed by atoms with Gasteiger partial charge in [-0.2, -0.15) is 0 Å². The van der Waals surface area contributed by atoms with Crippen LogP contribution in [0.1, 0.15) is 60.7 Å². The third-order valence-corrected chi connectivity index (χ3v) is 5.24. The summed E-state index contributed by atoms with van der Waals surface area (Å²) < 4.78 is 10.6. The van der Waals surface area contributed by atoms with Crippen LogP contribution < -0.4 is 0 Å². The minimum Gasteiger partial charge on any atom is -0.465 e. The fraction of sp³-hybridized carbons (Fsp3) is 0.500. The number of esters is 2. The summed E-state index contributed by atoms with van der Waals surface area (Å²) in [5, 5.41) is 0. The number of benzene rings is 1. The van der Waals surface area contributed by atoms with E-state index in [0.717, 1.165) is 19.3 Å². The summed E-state index contributed by atoms with van der Waals surface area (Å²) in [5.74, 6) is -0.304. The summed E-state index contributed by atoms with van der Waals surface area (Å²) >= 11 is 0. The molecule has 3 atom stereocenters. The quantitative estimate of drug-likeness (QED) is 0.606. The molecule has 1 fully saturated rings. The Kier molecular flexibility index (Phi) is 5.47. The molecule has 0 spiro atoms. The van der Waals surface area contributed by atoms with Gasteiger partial charge in [0.15, 0.2) is 0 Å². The molecule has 0 aliphatic heterocycles. The van der Waals surface area contributed by atoms with Crippen LogP contribution in [0.25, 0.3) is 0 Å². The van der Waals surface area contributed by atoms with Gasteiger partial charge in [-0.1, -0.05) is 31.2 Å². The zero-order valence-electron chi connectivity index (χ0n) is 14.9. The second-order valence-corrected chi connectivity index (χ2v) is 6.96. The van der Waals surface area contributed by atoms with Crippen LogP contribution in [0.15, 0.2) is 36.4 Å². The van der Waals surface area contributed by atoms with Crippen molar-refractivity contribution < 1.29 is 19.1 Å². The van der Waals surface area contributed by atoms with Gasteiger partial charge in [-0.3, -0.25) is 0 Å². The third kappa shape index (κ3) is 3.69. The minimum atomic E-state index is -0.535. The van der Waals surface area contributed by atoms with Crippen LogP contribution in [-0.2, 0) is 9.47 Å². The zero-order valence-corrected chi connectivity index (χ0v) is 14.9. The van der Waals surface area contributed by atoms with Crippen LogP contribution in [-0.4, -0.2) is 24.6 Å². The highest BCUT2D eigenvalue weighted by Crippen LogP contribution is 2.42. The molecule has 0 aromatic heterocycles. The minimum absolute atomic E-state index is 0.224. The van der Waals surface area contributed by atoms with Gasteiger partial charge in [-0.05, 0) is 57.1 Å². The summed E-state index contributed by atoms with van der Waals surface area (Å²) in [7, 11) is 1.30. The van der Waals surface area contributed by atoms with Gasteiger partial charge in [0.1, 0.15) is 5.60 Å². The average molecular weight is 330 g/mol. The molecule has 4 nitrogen and oxygen atoms in total. The van der Waals surface area contributed by atoms with E-state index in [1.54, 1.807) is 24.3 Å². The molecule has 1 aromatic rings. The number of ether oxygens (including phenoxy) is 2. The lowest BCUT2D eigenvalue weighted by atomic mass is 9.71. The van der Waals surface area contributed by atoms with Crippen molar-refractivity contribution >= 4 is 11.9 Å². The molecule has 1 saturated carbocycles. The Morgan fingerprint density at radius 1 is 1.21 bits per heavy atom. The third-order valence-electron chi connectivity index (χ3n) is 5.24. The van der Waals surface area contributed by atoms with E-state index in [1.165, 1.54) is 12.7 Å². The lowest BCUT2D eigenvalue weighted by Gasteiger charge is -2.42. The summed E-state index contributed by atoms with van der Waals surface area (Å²) in [5.41, 5.74) is 1.13. The molecular formula is C20H26O4. The smallest absolute Gasteiger partial charge is 0.339 e. The molecular weight excluding hydrogens is 304 g/mol. The first-order valence-corrected chi connectivity index (χ1v) is 8.34. The fourth-order valence-electron chi connectivity index (χ4n) is 3.32. The predicted molar refractivity (Wildman–Crippen MR) is 92.9 cm³/mol. The van der Waals surface area contributed by atoms with Crippen molar-refractivity contribution in [1.29, 1.82) is 0 Å². The molecule has 0 heterocycles. The monoisotopic (exact) mass is 330 g/mol. The highest BCUT2D eigenvalue weighted by atomic mass is 16.6. The van der Waals surface area contributed by atoms with Crippen molar-refractivity contribution in [2.45, 2.75) is 45.6 Å². The number of methoxy groups -OCH3 is 1. The van der Waals surface area contributed by atoms with Crippen LogP contribution in [0, 0.1) is 11.8 Å². The SMILES string of the molecule is C=C(C)[C@@H]1CCC(C)(OC(=O)c2ccccc2C(=O)OC)C(C)C1. The molecule has 0 bridgehead atoms. The van der Waals surface area contributed by atoms with Gasteiger partial charge >= 0.3 is 11.9 Å². The van der Waals surface area contributed by atoms with Crippen LogP contribution in [0.2, 0.25) is 0 Å². The molecule has 2 rings (SSSR count). The fourth-order valence-corrected chi connectivity index (χ4v) is 3.32. The van der Waals surface area contributed by atoms with E-state index in [1.807, 2.05) is 6.92 Å². The molecule has 24 heavy (non-hydrogen) atoms. The van der Waals surface area contributed by atoms with Crippen molar-refractivity contribution in [2.75, 3.05) is 7.11 Å². The van der Waals surface area contributed by atoms with E-state index in [2.05, 4.69) is 20.4 Å². The molecule has 130 valence electrons. The van der Waals surface area contributed by atoms with Gasteiger partial charge in [0, 0.05) is 0 Å². The number of rotatable bonds is 4. The summed E-state index contributed by atoms with van der Waals surface area (Å²) in [4.78, 5) is 24.5. The first-order valence-electron chi connectivity index (χ1n) is 8.34. The van der Waals surface area contributed by atoms with Gasteiger partial charge < -0.3 is 9.47 Å². The van der Waals surface area contributed by atoms with E-state index >= 15 is 0 Å². The summed E-state index contributed by atoms with van der Waals surface area (Å²) in [6.07, 6.45) is 2.71. The molecule has 1 aliphatic rings. The van der Waals surface area contributed by atoms with Crippen LogP contribution >= 0.6 is 0 Å². The van der Waals surface area contributed by atoms with Gasteiger partial charge in [-0.15, -0.1) is 0 Å². The molecule has 1 aliphatic carbocycles. The Hall–Kier alpha value is -2.10. The molecule has 1 aromatic carbocycles. The Balaban J connectivity index is 2.18. The normalized spacial score (nSPS) is 26.5. The zero-order chi connectivity index (χ0) is 17.9. The van der Waals surface area contributed by atoms with Gasteiger partial charge in [-0.25, -0.2) is 9.59 Å². The van der Waals surface area contributed by atoms with Gasteiger partial charge in [0.25, 0.3) is 0 Å². The van der Waals surface area contributed by atoms with Crippen molar-refractivity contribution in [3.8, 4) is 0 Å². The number of carbonyl (C=O) groups excluding carboxylic acids is 2. The van der Waals surface area contributed by atoms with E-state index in [0.29, 0.717) is 5.92 Å². The topological polar surface area (TPSA) is 52.6 Å². The number of allylic oxidation sites excluding steroid dienone is 1. The maximum Gasteiger partial charge on any atom is 0.339 e. The summed E-state index contributed by atoms with van der Waals surface area (Å²) in [6.45, 7) is 10.2. The molecule has 0 amide bonds. The van der Waals surface area contributed by atoms with E-state index in [-0.39, 0.29) is 17.0 Å². The number of hydrogen-bond acceptors (Lipinski definition) is 4. The van der Waals surface area contributed by atoms with Gasteiger partial charge in [0.05, 0.1) is 18.2 Å². The Labute approximate surface area is 143 Å². The second-order valence-electron chi connectivity index (χ2n) is 6.96. The van der Waals surface area contributed by atoms with Crippen molar-refractivity contribution in [2.24, 2.45) is 11.8 Å². The lowest BCUT2D eigenvalue weighted by molar-refractivity contribution is -0.0617. The van der Waals surface area contributed by atoms with E-state index in [4.69, 9.17) is 9.47 Å². The first kappa shape index (κ1) is 18.2. The van der Waals surface area contributed by atoms with Crippen molar-refractivity contribution in [3.05, 3.63) is 47.5 Å². The molecule has 0 saturated heterocycles. The van der Waals surface area contributed by atoms with Gasteiger partial charge in [0.2, 0.25) is 0 Å². The van der Waals surface area contributed by atoms with Crippen LogP contribution in [0.5, 0.6) is 0 Å². The maximum absolute atomic E-state index is 12.7.